The van der Waals surface area contributed by atoms with Crippen molar-refractivity contribution in [1.82, 2.24) is 14.4 Å². The number of pyridine rings is 1. The summed E-state index contributed by atoms with van der Waals surface area (Å²) in [6.45, 7) is 6.72. The molecular weight excluding hydrogens is 548 g/mol. The molecule has 3 aromatic heterocycles. The second kappa shape index (κ2) is 10.4. The van der Waals surface area contributed by atoms with E-state index in [0.717, 1.165) is 16.9 Å². The topological polar surface area (TPSA) is 133 Å². The molecule has 1 saturated heterocycles. The Bertz CT molecular complexity index is 1760. The van der Waals surface area contributed by atoms with Gasteiger partial charge in [0.1, 0.15) is 11.3 Å². The van der Waals surface area contributed by atoms with E-state index in [1.807, 2.05) is 19.1 Å². The van der Waals surface area contributed by atoms with Crippen molar-refractivity contribution in [3.8, 4) is 17.2 Å². The minimum atomic E-state index is -1.15. The lowest BCUT2D eigenvalue weighted by Crippen LogP contribution is -2.29. The zero-order chi connectivity index (χ0) is 29.7. The van der Waals surface area contributed by atoms with Gasteiger partial charge in [0.25, 0.3) is 5.78 Å². The number of aryl methyl sites for hydroxylation is 3. The number of carbonyl (C=O) groups is 3. The summed E-state index contributed by atoms with van der Waals surface area (Å²) in [6, 6.07) is 5.79. The van der Waals surface area contributed by atoms with Crippen LogP contribution in [0, 0.1) is 20.8 Å². The number of amides is 1. The molecule has 1 atom stereocenters. The van der Waals surface area contributed by atoms with Crippen LogP contribution in [0.4, 0.5) is 5.13 Å². The van der Waals surface area contributed by atoms with Gasteiger partial charge in [-0.05, 0) is 50.1 Å². The first kappa shape index (κ1) is 27.8. The summed E-state index contributed by atoms with van der Waals surface area (Å²) in [5, 5.41) is 11.9. The normalized spacial score (nSPS) is 16.5. The molecule has 11 nitrogen and oxygen atoms in total. The molecule has 0 radical (unpaired) electrons. The average molecular weight is 577 g/mol. The number of methoxy groups -OCH3 is 3. The van der Waals surface area contributed by atoms with Crippen LogP contribution in [0.1, 0.15) is 50.8 Å². The number of rotatable bonds is 7. The Kier molecular flexibility index (Phi) is 7.03. The minimum absolute atomic E-state index is 0.134. The maximum absolute atomic E-state index is 13.7. The van der Waals surface area contributed by atoms with E-state index < -0.39 is 23.5 Å². The lowest BCUT2D eigenvalue weighted by molar-refractivity contribution is -0.132. The second-order valence-corrected chi connectivity index (χ2v) is 10.5. The fourth-order valence-electron chi connectivity index (χ4n) is 5.09. The number of ketones is 2. The van der Waals surface area contributed by atoms with E-state index in [1.54, 1.807) is 36.6 Å². The Morgan fingerprint density at radius 1 is 1.02 bits per heavy atom. The summed E-state index contributed by atoms with van der Waals surface area (Å²) in [5.74, 6) is -1.61. The fourth-order valence-corrected chi connectivity index (χ4v) is 6.08. The fraction of sp³-hybridized carbons (Fsp3) is 0.276. The number of benzene rings is 1. The van der Waals surface area contributed by atoms with Crippen LogP contribution in [0.3, 0.4) is 0 Å². The molecular formula is C29H28N4O7S. The Labute approximate surface area is 239 Å². The molecule has 1 aliphatic rings. The lowest BCUT2D eigenvalue weighted by atomic mass is 9.95. The SMILES string of the molecule is COc1cc(C2C(=C(O)c3nc4c(C)cccn4c3C)C(=O)C(=O)N2c2nc(C)c(C(C)=O)s2)cc(OC)c1OC. The predicted molar refractivity (Wildman–Crippen MR) is 152 cm³/mol. The van der Waals surface area contributed by atoms with Crippen molar-refractivity contribution < 1.29 is 33.7 Å². The highest BCUT2D eigenvalue weighted by molar-refractivity contribution is 7.18. The number of aromatic nitrogens is 3. The molecule has 212 valence electrons. The first-order valence-electron chi connectivity index (χ1n) is 12.6. The average Bonchev–Trinajstić information content (AvgIpc) is 3.59. The largest absolute Gasteiger partial charge is 0.505 e. The van der Waals surface area contributed by atoms with Crippen LogP contribution in [-0.2, 0) is 9.59 Å². The van der Waals surface area contributed by atoms with Crippen LogP contribution < -0.4 is 19.1 Å². The van der Waals surface area contributed by atoms with Gasteiger partial charge in [0.2, 0.25) is 5.75 Å². The van der Waals surface area contributed by atoms with E-state index in [4.69, 9.17) is 14.2 Å². The maximum atomic E-state index is 13.7. The van der Waals surface area contributed by atoms with Gasteiger partial charge in [-0.2, -0.15) is 0 Å². The summed E-state index contributed by atoms with van der Waals surface area (Å²) >= 11 is 0.996. The van der Waals surface area contributed by atoms with Crippen molar-refractivity contribution >= 4 is 45.3 Å². The van der Waals surface area contributed by atoms with E-state index >= 15 is 0 Å². The third kappa shape index (κ3) is 4.31. The number of ether oxygens (including phenoxy) is 3. The van der Waals surface area contributed by atoms with Gasteiger partial charge in [-0.1, -0.05) is 17.4 Å². The van der Waals surface area contributed by atoms with Crippen molar-refractivity contribution in [2.75, 3.05) is 26.2 Å². The highest BCUT2D eigenvalue weighted by Gasteiger charge is 2.49. The van der Waals surface area contributed by atoms with Gasteiger partial charge in [0.15, 0.2) is 28.2 Å². The molecule has 1 N–H and O–H groups in total. The number of Topliss-reactive ketones (excluding diaryl/α,β-unsaturated/α-hetero) is 2. The smallest absolute Gasteiger partial charge is 0.301 e. The number of carbonyl (C=O) groups excluding carboxylic acids is 3. The molecule has 4 heterocycles. The molecule has 1 unspecified atom stereocenters. The van der Waals surface area contributed by atoms with Gasteiger partial charge in [0.05, 0.1) is 49.2 Å². The molecule has 1 fully saturated rings. The van der Waals surface area contributed by atoms with Crippen LogP contribution in [0.15, 0.2) is 36.0 Å². The van der Waals surface area contributed by atoms with E-state index in [1.165, 1.54) is 33.2 Å². The summed E-state index contributed by atoms with van der Waals surface area (Å²) in [6.07, 6.45) is 1.80. The number of fused-ring (bicyclic) bond motifs is 1. The van der Waals surface area contributed by atoms with Gasteiger partial charge in [-0.3, -0.25) is 19.3 Å². The number of imidazole rings is 1. The maximum Gasteiger partial charge on any atom is 0.301 e. The van der Waals surface area contributed by atoms with Gasteiger partial charge in [-0.15, -0.1) is 0 Å². The van der Waals surface area contributed by atoms with E-state index in [2.05, 4.69) is 9.97 Å². The quantitative estimate of drug-likeness (QED) is 0.145. The van der Waals surface area contributed by atoms with Crippen molar-refractivity contribution in [2.45, 2.75) is 33.7 Å². The zero-order valence-electron chi connectivity index (χ0n) is 23.6. The highest BCUT2D eigenvalue weighted by atomic mass is 32.1. The van der Waals surface area contributed by atoms with Gasteiger partial charge in [-0.25, -0.2) is 9.97 Å². The van der Waals surface area contributed by atoms with Crippen molar-refractivity contribution in [1.29, 1.82) is 0 Å². The Morgan fingerprint density at radius 3 is 2.22 bits per heavy atom. The summed E-state index contributed by atoms with van der Waals surface area (Å²) in [7, 11) is 4.36. The molecule has 0 aliphatic carbocycles. The molecule has 0 bridgehead atoms. The van der Waals surface area contributed by atoms with Crippen LogP contribution in [0.5, 0.6) is 17.2 Å². The van der Waals surface area contributed by atoms with E-state index in [-0.39, 0.29) is 33.7 Å². The number of hydrogen-bond acceptors (Lipinski definition) is 10. The molecule has 41 heavy (non-hydrogen) atoms. The zero-order valence-corrected chi connectivity index (χ0v) is 24.4. The standard InChI is InChI=1S/C29H28N4O7S/c1-13-9-8-10-32-15(3)21(31-27(13)32)23(35)20-22(17-11-18(38-5)25(40-7)19(12-17)39-6)33(28(37)24(20)36)29-30-14(2)26(41-29)16(4)34/h8-12,22,35H,1-7H3. The van der Waals surface area contributed by atoms with Crippen molar-refractivity contribution in [3.05, 3.63) is 69.1 Å². The second-order valence-electron chi connectivity index (χ2n) is 9.53. The Hall–Kier alpha value is -4.71. The molecule has 12 heteroatoms. The molecule has 1 amide bonds. The number of nitrogens with zero attached hydrogens (tertiary/aromatic N) is 4. The van der Waals surface area contributed by atoms with Gasteiger partial charge in [0, 0.05) is 13.1 Å². The summed E-state index contributed by atoms with van der Waals surface area (Å²) in [5.41, 5.74) is 2.84. The monoisotopic (exact) mass is 576 g/mol. The molecule has 1 aromatic carbocycles. The van der Waals surface area contributed by atoms with Crippen LogP contribution in [0.2, 0.25) is 0 Å². The molecule has 1 aliphatic heterocycles. The van der Waals surface area contributed by atoms with Crippen molar-refractivity contribution in [3.63, 3.8) is 0 Å². The van der Waals surface area contributed by atoms with Crippen LogP contribution >= 0.6 is 11.3 Å². The number of thiazole rings is 1. The number of aliphatic hydroxyl groups is 1. The molecule has 5 rings (SSSR count). The van der Waals surface area contributed by atoms with Crippen molar-refractivity contribution in [2.24, 2.45) is 0 Å². The lowest BCUT2D eigenvalue weighted by Gasteiger charge is -2.24. The van der Waals surface area contributed by atoms with Crippen LogP contribution in [-0.4, -0.2) is 58.3 Å². The number of aliphatic hydroxyl groups excluding tert-OH is 1. The summed E-state index contributed by atoms with van der Waals surface area (Å²) < 4.78 is 18.3. The van der Waals surface area contributed by atoms with Crippen LogP contribution in [0.25, 0.3) is 11.4 Å². The molecule has 0 spiro atoms. The number of hydrogen-bond donors (Lipinski definition) is 1. The first-order chi connectivity index (χ1) is 19.5. The summed E-state index contributed by atoms with van der Waals surface area (Å²) in [4.78, 5) is 50.3. The predicted octanol–water partition coefficient (Wildman–Crippen LogP) is 4.57. The van der Waals surface area contributed by atoms with E-state index in [9.17, 15) is 19.5 Å². The van der Waals surface area contributed by atoms with E-state index in [0.29, 0.717) is 33.2 Å². The van der Waals surface area contributed by atoms with Gasteiger partial charge < -0.3 is 23.7 Å². The Morgan fingerprint density at radius 2 is 1.68 bits per heavy atom. The molecule has 4 aromatic rings. The van der Waals surface area contributed by atoms with Gasteiger partial charge >= 0.3 is 5.91 Å². The third-order valence-corrected chi connectivity index (χ3v) is 8.32. The third-order valence-electron chi connectivity index (χ3n) is 7.07. The Balaban J connectivity index is 1.83. The highest BCUT2D eigenvalue weighted by Crippen LogP contribution is 2.48. The minimum Gasteiger partial charge on any atom is -0.505 e. The number of anilines is 1. The molecule has 0 saturated carbocycles. The first-order valence-corrected chi connectivity index (χ1v) is 13.4.